The van der Waals surface area contributed by atoms with Crippen molar-refractivity contribution in [2.24, 2.45) is 0 Å². The second-order valence-electron chi connectivity index (χ2n) is 4.47. The van der Waals surface area contributed by atoms with E-state index in [0.717, 1.165) is 0 Å². The van der Waals surface area contributed by atoms with E-state index in [9.17, 15) is 0 Å². The maximum atomic E-state index is 2.30. The van der Waals surface area contributed by atoms with Crippen molar-refractivity contribution in [1.29, 1.82) is 0 Å². The van der Waals surface area contributed by atoms with Crippen molar-refractivity contribution in [3.63, 3.8) is 0 Å². The fourth-order valence-electron chi connectivity index (χ4n) is 2.12. The Labute approximate surface area is 104 Å². The minimum absolute atomic E-state index is 1.19. The summed E-state index contributed by atoms with van der Waals surface area (Å²) < 4.78 is 0. The average Bonchev–Trinajstić information content (AvgIpc) is 2.39. The standard InChI is InChI=1S/C17H20/c1-2-3-4-5-6-10-15-12-9-13-16-11-7-8-14-17(15)16/h6-14H,2-5H2,1H3. The highest BCUT2D eigenvalue weighted by Gasteiger charge is 1.95. The summed E-state index contributed by atoms with van der Waals surface area (Å²) in [6.45, 7) is 2.24. The SMILES string of the molecule is CCCCCC=Cc1cccc2ccccc12. The van der Waals surface area contributed by atoms with E-state index < -0.39 is 0 Å². The van der Waals surface area contributed by atoms with E-state index in [0.29, 0.717) is 0 Å². The third-order valence-corrected chi connectivity index (χ3v) is 3.10. The van der Waals surface area contributed by atoms with E-state index in [1.54, 1.807) is 0 Å². The second-order valence-corrected chi connectivity index (χ2v) is 4.47. The van der Waals surface area contributed by atoms with Crippen molar-refractivity contribution in [2.75, 3.05) is 0 Å². The van der Waals surface area contributed by atoms with Crippen LogP contribution in [0.1, 0.15) is 38.2 Å². The third kappa shape index (κ3) is 3.20. The topological polar surface area (TPSA) is 0 Å². The molecule has 0 aliphatic heterocycles. The van der Waals surface area contributed by atoms with Crippen LogP contribution in [0.4, 0.5) is 0 Å². The monoisotopic (exact) mass is 224 g/mol. The molecule has 0 unspecified atom stereocenters. The Bertz CT molecular complexity index is 489. The van der Waals surface area contributed by atoms with Gasteiger partial charge < -0.3 is 0 Å². The van der Waals surface area contributed by atoms with Crippen LogP contribution in [0.25, 0.3) is 16.8 Å². The summed E-state index contributed by atoms with van der Waals surface area (Å²) >= 11 is 0. The molecular formula is C17H20. The van der Waals surface area contributed by atoms with Crippen molar-refractivity contribution in [2.45, 2.75) is 32.6 Å². The summed E-state index contributed by atoms with van der Waals surface area (Å²) in [6.07, 6.45) is 9.69. The lowest BCUT2D eigenvalue weighted by Crippen LogP contribution is -1.77. The molecule has 0 bridgehead atoms. The fraction of sp³-hybridized carbons (Fsp3) is 0.294. The van der Waals surface area contributed by atoms with Gasteiger partial charge in [-0.05, 0) is 29.2 Å². The molecule has 0 N–H and O–H groups in total. The van der Waals surface area contributed by atoms with Crippen LogP contribution in [0, 0.1) is 0 Å². The van der Waals surface area contributed by atoms with E-state index in [4.69, 9.17) is 0 Å². The number of benzene rings is 2. The molecule has 0 amide bonds. The first-order valence-electron chi connectivity index (χ1n) is 6.56. The lowest BCUT2D eigenvalue weighted by molar-refractivity contribution is 0.730. The van der Waals surface area contributed by atoms with Crippen molar-refractivity contribution in [1.82, 2.24) is 0 Å². The zero-order valence-corrected chi connectivity index (χ0v) is 10.5. The Morgan fingerprint density at radius 1 is 0.941 bits per heavy atom. The van der Waals surface area contributed by atoms with Crippen LogP contribution >= 0.6 is 0 Å². The predicted molar refractivity (Wildman–Crippen MR) is 77.1 cm³/mol. The maximum Gasteiger partial charge on any atom is -0.0112 e. The molecule has 88 valence electrons. The number of fused-ring (bicyclic) bond motifs is 1. The smallest absolute Gasteiger partial charge is 0.0112 e. The Morgan fingerprint density at radius 3 is 2.65 bits per heavy atom. The molecule has 0 spiro atoms. The zero-order valence-electron chi connectivity index (χ0n) is 10.5. The van der Waals surface area contributed by atoms with Crippen LogP contribution in [0.3, 0.4) is 0 Å². The van der Waals surface area contributed by atoms with Gasteiger partial charge >= 0.3 is 0 Å². The van der Waals surface area contributed by atoms with Crippen LogP contribution in [0.5, 0.6) is 0 Å². The predicted octanol–water partition coefficient (Wildman–Crippen LogP) is 5.43. The lowest BCUT2D eigenvalue weighted by Gasteiger charge is -2.01. The van der Waals surface area contributed by atoms with E-state index in [2.05, 4.69) is 61.5 Å². The molecule has 17 heavy (non-hydrogen) atoms. The van der Waals surface area contributed by atoms with E-state index >= 15 is 0 Å². The average molecular weight is 224 g/mol. The Hall–Kier alpha value is -1.56. The quantitative estimate of drug-likeness (QED) is 0.594. The van der Waals surface area contributed by atoms with Gasteiger partial charge in [0.05, 0.1) is 0 Å². The second kappa shape index (κ2) is 6.24. The number of rotatable bonds is 5. The molecule has 0 saturated carbocycles. The zero-order chi connectivity index (χ0) is 11.9. The molecule has 0 aliphatic rings. The first-order chi connectivity index (χ1) is 8.42. The van der Waals surface area contributed by atoms with Gasteiger partial charge in [-0.25, -0.2) is 0 Å². The highest BCUT2D eigenvalue weighted by atomic mass is 14.0. The Morgan fingerprint density at radius 2 is 1.76 bits per heavy atom. The highest BCUT2D eigenvalue weighted by Crippen LogP contribution is 2.19. The fourth-order valence-corrected chi connectivity index (χ4v) is 2.12. The summed E-state index contributed by atoms with van der Waals surface area (Å²) in [5.41, 5.74) is 1.33. The van der Waals surface area contributed by atoms with Gasteiger partial charge in [0, 0.05) is 0 Å². The number of allylic oxidation sites excluding steroid dienone is 1. The molecular weight excluding hydrogens is 204 g/mol. The van der Waals surface area contributed by atoms with Gasteiger partial charge in [-0.15, -0.1) is 0 Å². The molecule has 0 saturated heterocycles. The summed E-state index contributed by atoms with van der Waals surface area (Å²) in [4.78, 5) is 0. The largest absolute Gasteiger partial charge is 0.0839 e. The molecule has 0 heterocycles. The van der Waals surface area contributed by atoms with Gasteiger partial charge in [-0.3, -0.25) is 0 Å². The first-order valence-corrected chi connectivity index (χ1v) is 6.56. The van der Waals surface area contributed by atoms with Crippen LogP contribution in [0.2, 0.25) is 0 Å². The van der Waals surface area contributed by atoms with E-state index in [-0.39, 0.29) is 0 Å². The van der Waals surface area contributed by atoms with Crippen LogP contribution in [0.15, 0.2) is 48.5 Å². The van der Waals surface area contributed by atoms with Gasteiger partial charge in [0.25, 0.3) is 0 Å². The lowest BCUT2D eigenvalue weighted by atomic mass is 10.0. The van der Waals surface area contributed by atoms with E-state index in [1.807, 2.05) is 0 Å². The van der Waals surface area contributed by atoms with Crippen molar-refractivity contribution in [3.05, 3.63) is 54.1 Å². The molecule has 0 aromatic heterocycles. The molecule has 2 rings (SSSR count). The van der Waals surface area contributed by atoms with Gasteiger partial charge in [0.2, 0.25) is 0 Å². The Kier molecular flexibility index (Phi) is 4.37. The molecule has 0 fully saturated rings. The van der Waals surface area contributed by atoms with Gasteiger partial charge in [0.1, 0.15) is 0 Å². The van der Waals surface area contributed by atoms with Gasteiger partial charge in [0.15, 0.2) is 0 Å². The third-order valence-electron chi connectivity index (χ3n) is 3.10. The summed E-state index contributed by atoms with van der Waals surface area (Å²) in [5, 5.41) is 2.67. The molecule has 2 aromatic carbocycles. The van der Waals surface area contributed by atoms with Crippen LogP contribution in [-0.2, 0) is 0 Å². The summed E-state index contributed by atoms with van der Waals surface area (Å²) in [5.74, 6) is 0. The Balaban J connectivity index is 2.13. The van der Waals surface area contributed by atoms with Crippen molar-refractivity contribution in [3.8, 4) is 0 Å². The number of hydrogen-bond acceptors (Lipinski definition) is 0. The van der Waals surface area contributed by atoms with Crippen molar-refractivity contribution >= 4 is 16.8 Å². The first kappa shape index (κ1) is 11.9. The highest BCUT2D eigenvalue weighted by molar-refractivity contribution is 5.90. The minimum Gasteiger partial charge on any atom is -0.0839 e. The maximum absolute atomic E-state index is 2.30. The molecule has 0 aliphatic carbocycles. The number of hydrogen-bond donors (Lipinski definition) is 0. The molecule has 0 atom stereocenters. The molecule has 2 aromatic rings. The minimum atomic E-state index is 1.19. The van der Waals surface area contributed by atoms with Crippen LogP contribution in [-0.4, -0.2) is 0 Å². The number of unbranched alkanes of at least 4 members (excludes halogenated alkanes) is 3. The normalized spacial score (nSPS) is 11.4. The van der Waals surface area contributed by atoms with Gasteiger partial charge in [-0.1, -0.05) is 74.4 Å². The molecule has 0 nitrogen and oxygen atoms in total. The van der Waals surface area contributed by atoms with Gasteiger partial charge in [-0.2, -0.15) is 0 Å². The molecule has 0 radical (unpaired) electrons. The molecule has 0 heteroatoms. The summed E-state index contributed by atoms with van der Waals surface area (Å²) in [6, 6.07) is 15.1. The summed E-state index contributed by atoms with van der Waals surface area (Å²) in [7, 11) is 0. The van der Waals surface area contributed by atoms with Crippen molar-refractivity contribution < 1.29 is 0 Å². The van der Waals surface area contributed by atoms with Crippen LogP contribution < -0.4 is 0 Å². The van der Waals surface area contributed by atoms with E-state index in [1.165, 1.54) is 42.0 Å².